The molecule has 3 aliphatic rings. The van der Waals surface area contributed by atoms with Crippen molar-refractivity contribution in [3.63, 3.8) is 0 Å². The van der Waals surface area contributed by atoms with Crippen molar-refractivity contribution in [2.24, 2.45) is 17.3 Å². The zero-order chi connectivity index (χ0) is 26.7. The van der Waals surface area contributed by atoms with Gasteiger partial charge in [-0.05, 0) is 72.8 Å². The molecule has 1 aromatic carbocycles. The summed E-state index contributed by atoms with van der Waals surface area (Å²) in [5.74, 6) is -0.374. The third-order valence-corrected chi connectivity index (χ3v) is 7.68. The van der Waals surface area contributed by atoms with Gasteiger partial charge in [0, 0.05) is 5.41 Å². The molecule has 1 fully saturated rings. The van der Waals surface area contributed by atoms with Crippen LogP contribution in [-0.2, 0) is 30.4 Å². The average molecular weight is 520 g/mol. The molecule has 0 bridgehead atoms. The average Bonchev–Trinajstić information content (AvgIpc) is 3.17. The lowest BCUT2D eigenvalue weighted by Gasteiger charge is -2.46. The molecule has 1 saturated carbocycles. The van der Waals surface area contributed by atoms with Crippen LogP contribution in [0.1, 0.15) is 50.2 Å². The highest BCUT2D eigenvalue weighted by atomic mass is 17.0. The number of esters is 2. The van der Waals surface area contributed by atoms with Gasteiger partial charge in [-0.15, -0.1) is 20.2 Å². The molecule has 0 radical (unpaired) electrons. The topological polar surface area (TPSA) is 167 Å². The molecule has 0 N–H and O–H groups in total. The molecule has 0 aromatic heterocycles. The first-order chi connectivity index (χ1) is 17.6. The summed E-state index contributed by atoms with van der Waals surface area (Å²) in [6.07, 6.45) is 5.62. The van der Waals surface area contributed by atoms with E-state index in [0.29, 0.717) is 12.2 Å². The zero-order valence-electron chi connectivity index (χ0n) is 20.5. The molecule has 200 valence electrons. The number of fused-ring (bicyclic) bond motifs is 5. The second-order valence-corrected chi connectivity index (χ2v) is 9.62. The molecule has 0 spiro atoms. The Morgan fingerprint density at radius 3 is 2.51 bits per heavy atom. The number of nitrogens with zero attached hydrogens (tertiary/aromatic N) is 2. The van der Waals surface area contributed by atoms with Gasteiger partial charge in [0.1, 0.15) is 12.7 Å². The fourth-order valence-electron chi connectivity index (χ4n) is 6.04. The summed E-state index contributed by atoms with van der Waals surface area (Å²) in [5, 5.41) is 18.7. The maximum absolute atomic E-state index is 12.3. The van der Waals surface area contributed by atoms with Crippen molar-refractivity contribution in [1.29, 1.82) is 0 Å². The molecule has 4 atom stereocenters. The van der Waals surface area contributed by atoms with E-state index in [1.165, 1.54) is 12.7 Å². The number of carbonyl (C=O) groups excluding carboxylic acids is 2. The molecule has 37 heavy (non-hydrogen) atoms. The van der Waals surface area contributed by atoms with E-state index in [1.54, 1.807) is 6.07 Å². The summed E-state index contributed by atoms with van der Waals surface area (Å²) in [6.45, 7) is 0.980. The number of allylic oxidation sites excluding steroid dienone is 2. The lowest BCUT2D eigenvalue weighted by molar-refractivity contribution is -0.757. The molecule has 13 nitrogen and oxygen atoms in total. The van der Waals surface area contributed by atoms with E-state index in [9.17, 15) is 29.8 Å². The summed E-state index contributed by atoms with van der Waals surface area (Å²) >= 11 is 0. The van der Waals surface area contributed by atoms with Crippen LogP contribution in [0.25, 0.3) is 5.57 Å². The SMILES string of the molecule is COc1cc2c(cc1OC(=O)CO[N+](=O)[O-])CC[C@@H]1C2=CC[C@]2(C)[C@@H](OC(=O)CCO[N+](=O)[O-])CC[C@@H]12. The predicted molar refractivity (Wildman–Crippen MR) is 124 cm³/mol. The van der Waals surface area contributed by atoms with Gasteiger partial charge in [0.05, 0.1) is 13.5 Å². The van der Waals surface area contributed by atoms with E-state index in [4.69, 9.17) is 14.2 Å². The molecule has 0 aliphatic heterocycles. The van der Waals surface area contributed by atoms with Gasteiger partial charge in [-0.3, -0.25) is 4.79 Å². The zero-order valence-corrected chi connectivity index (χ0v) is 20.5. The molecule has 0 unspecified atom stereocenters. The Balaban J connectivity index is 1.50. The van der Waals surface area contributed by atoms with Crippen LogP contribution in [0.5, 0.6) is 11.5 Å². The van der Waals surface area contributed by atoms with Crippen LogP contribution in [0, 0.1) is 37.5 Å². The number of hydrogen-bond acceptors (Lipinski definition) is 11. The number of methoxy groups -OCH3 is 1. The van der Waals surface area contributed by atoms with Gasteiger partial charge in [-0.1, -0.05) is 13.0 Å². The van der Waals surface area contributed by atoms with Crippen molar-refractivity contribution in [1.82, 2.24) is 0 Å². The van der Waals surface area contributed by atoms with E-state index < -0.39 is 28.7 Å². The van der Waals surface area contributed by atoms with Gasteiger partial charge < -0.3 is 23.9 Å². The van der Waals surface area contributed by atoms with Crippen LogP contribution in [0.2, 0.25) is 0 Å². The lowest BCUT2D eigenvalue weighted by Crippen LogP contribution is -2.41. The lowest BCUT2D eigenvalue weighted by atomic mass is 9.60. The van der Waals surface area contributed by atoms with E-state index >= 15 is 0 Å². The Hall–Kier alpha value is -3.90. The highest BCUT2D eigenvalue weighted by Crippen LogP contribution is 2.59. The van der Waals surface area contributed by atoms with Crippen LogP contribution in [-0.4, -0.2) is 48.5 Å². The number of benzene rings is 1. The maximum Gasteiger partial charge on any atom is 0.337 e. The van der Waals surface area contributed by atoms with Gasteiger partial charge in [-0.25, -0.2) is 4.79 Å². The standard InChI is InChI=1S/C24H28N2O11/c1-24-9-7-15-16(18(24)5-6-21(24)37-22(27)8-10-34-25(29)30)4-3-14-11-20(19(33-2)12-17(14)15)36-23(28)13-35-26(31)32/h7,11-12,16,18,21H,3-6,8-10,13H2,1-2H3/t16-,18+,21+,24+/m1/s1. The first kappa shape index (κ1) is 26.2. The first-order valence-corrected chi connectivity index (χ1v) is 12.0. The molecular weight excluding hydrogens is 492 g/mol. The van der Waals surface area contributed by atoms with Crippen LogP contribution in [0.15, 0.2) is 18.2 Å². The van der Waals surface area contributed by atoms with E-state index in [0.717, 1.165) is 36.8 Å². The summed E-state index contributed by atoms with van der Waals surface area (Å²) < 4.78 is 16.4. The molecule has 4 rings (SSSR count). The van der Waals surface area contributed by atoms with E-state index in [-0.39, 0.29) is 42.1 Å². The summed E-state index contributed by atoms with van der Waals surface area (Å²) in [7, 11) is 1.45. The van der Waals surface area contributed by atoms with Gasteiger partial charge in [0.2, 0.25) is 0 Å². The minimum absolute atomic E-state index is 0.173. The van der Waals surface area contributed by atoms with Gasteiger partial charge >= 0.3 is 11.9 Å². The van der Waals surface area contributed by atoms with Gasteiger partial charge in [-0.2, -0.15) is 0 Å². The monoisotopic (exact) mass is 520 g/mol. The van der Waals surface area contributed by atoms with Crippen LogP contribution < -0.4 is 9.47 Å². The molecular formula is C24H28N2O11. The van der Waals surface area contributed by atoms with Crippen molar-refractivity contribution < 1.29 is 43.6 Å². The maximum atomic E-state index is 12.3. The second kappa shape index (κ2) is 10.6. The minimum atomic E-state index is -1.06. The minimum Gasteiger partial charge on any atom is -0.493 e. The third-order valence-electron chi connectivity index (χ3n) is 7.68. The Morgan fingerprint density at radius 2 is 1.81 bits per heavy atom. The van der Waals surface area contributed by atoms with E-state index in [2.05, 4.69) is 22.7 Å². The largest absolute Gasteiger partial charge is 0.493 e. The number of ether oxygens (including phenoxy) is 3. The molecule has 13 heteroatoms. The summed E-state index contributed by atoms with van der Waals surface area (Å²) in [5.41, 5.74) is 2.93. The number of aryl methyl sites for hydroxylation is 1. The molecule has 0 amide bonds. The fourth-order valence-corrected chi connectivity index (χ4v) is 6.04. The van der Waals surface area contributed by atoms with Crippen LogP contribution in [0.3, 0.4) is 0 Å². The van der Waals surface area contributed by atoms with Crippen molar-refractivity contribution in [3.8, 4) is 11.5 Å². The van der Waals surface area contributed by atoms with Gasteiger partial charge in [0.15, 0.2) is 18.1 Å². The fraction of sp³-hybridized carbons (Fsp3) is 0.583. The van der Waals surface area contributed by atoms with Crippen LogP contribution >= 0.6 is 0 Å². The first-order valence-electron chi connectivity index (χ1n) is 12.0. The highest BCUT2D eigenvalue weighted by Gasteiger charge is 2.54. The predicted octanol–water partition coefficient (Wildman–Crippen LogP) is 3.08. The number of carbonyl (C=O) groups is 2. The smallest absolute Gasteiger partial charge is 0.337 e. The summed E-state index contributed by atoms with van der Waals surface area (Å²) in [4.78, 5) is 53.2. The molecule has 0 heterocycles. The normalized spacial score (nSPS) is 25.5. The second-order valence-electron chi connectivity index (χ2n) is 9.62. The Labute approximate surface area is 211 Å². The van der Waals surface area contributed by atoms with Crippen molar-refractivity contribution in [3.05, 3.63) is 49.6 Å². The van der Waals surface area contributed by atoms with Crippen LogP contribution in [0.4, 0.5) is 0 Å². The van der Waals surface area contributed by atoms with Crippen molar-refractivity contribution >= 4 is 17.5 Å². The summed E-state index contributed by atoms with van der Waals surface area (Å²) in [6, 6.07) is 3.56. The highest BCUT2D eigenvalue weighted by molar-refractivity contribution is 5.78. The Bertz CT molecular complexity index is 1130. The third kappa shape index (κ3) is 5.44. The molecule has 3 aliphatic carbocycles. The van der Waals surface area contributed by atoms with Crippen molar-refractivity contribution in [2.75, 3.05) is 20.3 Å². The van der Waals surface area contributed by atoms with E-state index in [1.807, 2.05) is 6.07 Å². The number of rotatable bonds is 10. The van der Waals surface area contributed by atoms with Crippen molar-refractivity contribution in [2.45, 2.75) is 51.6 Å². The van der Waals surface area contributed by atoms with Gasteiger partial charge in [0.25, 0.3) is 10.2 Å². The quantitative estimate of drug-likeness (QED) is 0.192. The molecule has 0 saturated heterocycles. The Morgan fingerprint density at radius 1 is 1.05 bits per heavy atom. The molecule has 1 aromatic rings. The number of hydrogen-bond donors (Lipinski definition) is 0. The Kier molecular flexibility index (Phi) is 7.50.